The topological polar surface area (TPSA) is 62.3 Å². The summed E-state index contributed by atoms with van der Waals surface area (Å²) in [7, 11) is -1.59. The molecule has 0 amide bonds. The minimum Gasteiger partial charge on any atom is -0.318 e. The number of pyridine rings is 1. The summed E-state index contributed by atoms with van der Waals surface area (Å²) in [6.07, 6.45) is 4.79. The summed E-state index contributed by atoms with van der Waals surface area (Å²) in [6.45, 7) is 1.27. The van der Waals surface area contributed by atoms with Crippen molar-refractivity contribution in [2.24, 2.45) is 0 Å². The van der Waals surface area contributed by atoms with Gasteiger partial charge in [0, 0.05) is 36.0 Å². The molecule has 0 aromatic carbocycles. The first-order valence-electron chi connectivity index (χ1n) is 5.82. The second-order valence-electron chi connectivity index (χ2n) is 4.31. The normalized spacial score (nSPS) is 20.2. The molecule has 5 nitrogen and oxygen atoms in total. The minimum atomic E-state index is -3.43. The van der Waals surface area contributed by atoms with Crippen LogP contribution < -0.4 is 5.32 Å². The average Bonchev–Trinajstić information content (AvgIpc) is 2.78. The van der Waals surface area contributed by atoms with Crippen LogP contribution in [0.15, 0.2) is 27.8 Å². The molecule has 1 atom stereocenters. The molecule has 1 saturated heterocycles. The zero-order valence-electron chi connectivity index (χ0n) is 10.5. The lowest BCUT2D eigenvalue weighted by Crippen LogP contribution is -2.40. The van der Waals surface area contributed by atoms with Crippen LogP contribution in [-0.2, 0) is 10.0 Å². The highest BCUT2D eigenvalue weighted by Crippen LogP contribution is 2.26. The van der Waals surface area contributed by atoms with Crippen LogP contribution in [0.5, 0.6) is 0 Å². The lowest BCUT2D eigenvalue weighted by atomic mass is 10.2. The average molecular weight is 371 g/mol. The monoisotopic (exact) mass is 369 g/mol. The van der Waals surface area contributed by atoms with Gasteiger partial charge in [0.15, 0.2) is 0 Å². The maximum Gasteiger partial charge on any atom is 0.244 e. The van der Waals surface area contributed by atoms with Gasteiger partial charge in [-0.25, -0.2) is 8.42 Å². The number of aromatic nitrogens is 1. The van der Waals surface area contributed by atoms with Gasteiger partial charge in [-0.2, -0.15) is 4.31 Å². The van der Waals surface area contributed by atoms with Crippen molar-refractivity contribution in [2.45, 2.75) is 23.8 Å². The van der Waals surface area contributed by atoms with E-state index in [-0.39, 0.29) is 23.3 Å². The van der Waals surface area contributed by atoms with E-state index in [1.807, 2.05) is 7.05 Å². The van der Waals surface area contributed by atoms with Gasteiger partial charge in [-0.15, -0.1) is 12.4 Å². The summed E-state index contributed by atoms with van der Waals surface area (Å²) in [5.74, 6) is 0. The first kappa shape index (κ1) is 16.8. The van der Waals surface area contributed by atoms with Crippen LogP contribution in [0.4, 0.5) is 0 Å². The lowest BCUT2D eigenvalue weighted by molar-refractivity contribution is 0.379. The van der Waals surface area contributed by atoms with Crippen molar-refractivity contribution in [3.63, 3.8) is 0 Å². The van der Waals surface area contributed by atoms with E-state index in [4.69, 9.17) is 0 Å². The van der Waals surface area contributed by atoms with Crippen LogP contribution in [0.25, 0.3) is 0 Å². The van der Waals surface area contributed by atoms with Gasteiger partial charge in [-0.05, 0) is 41.9 Å². The van der Waals surface area contributed by atoms with E-state index in [0.29, 0.717) is 17.6 Å². The molecule has 1 fully saturated rings. The summed E-state index contributed by atoms with van der Waals surface area (Å²) in [5.41, 5.74) is 0. The van der Waals surface area contributed by atoms with E-state index in [2.05, 4.69) is 26.2 Å². The quantitative estimate of drug-likeness (QED) is 0.875. The van der Waals surface area contributed by atoms with E-state index < -0.39 is 10.0 Å². The highest BCUT2D eigenvalue weighted by molar-refractivity contribution is 9.10. The molecular weight excluding hydrogens is 354 g/mol. The summed E-state index contributed by atoms with van der Waals surface area (Å²) in [5, 5.41) is 3.04. The molecule has 2 rings (SSSR count). The largest absolute Gasteiger partial charge is 0.318 e. The number of halogens is 2. The Bertz CT molecular complexity index is 526. The van der Waals surface area contributed by atoms with Gasteiger partial charge in [0.2, 0.25) is 10.0 Å². The number of rotatable bonds is 4. The van der Waals surface area contributed by atoms with E-state index >= 15 is 0 Å². The van der Waals surface area contributed by atoms with Crippen LogP contribution in [0.2, 0.25) is 0 Å². The molecule has 8 heteroatoms. The second kappa shape index (κ2) is 6.99. The molecule has 108 valence electrons. The van der Waals surface area contributed by atoms with Crippen molar-refractivity contribution < 1.29 is 8.42 Å². The number of nitrogens with zero attached hydrogens (tertiary/aromatic N) is 2. The number of likely N-dealkylation sites (N-methyl/N-ethyl adjacent to an activating group) is 1. The van der Waals surface area contributed by atoms with Gasteiger partial charge in [0.1, 0.15) is 4.90 Å². The van der Waals surface area contributed by atoms with Crippen molar-refractivity contribution in [3.05, 3.63) is 22.9 Å². The third-order valence-electron chi connectivity index (χ3n) is 3.05. The molecule has 0 saturated carbocycles. The van der Waals surface area contributed by atoms with Crippen LogP contribution in [-0.4, -0.2) is 43.9 Å². The Kier molecular flexibility index (Phi) is 6.19. The van der Waals surface area contributed by atoms with Crippen LogP contribution in [0.1, 0.15) is 12.8 Å². The van der Waals surface area contributed by atoms with Crippen molar-refractivity contribution in [2.75, 3.05) is 20.1 Å². The number of sulfonamides is 1. The van der Waals surface area contributed by atoms with E-state index in [9.17, 15) is 8.42 Å². The number of hydrogen-bond acceptors (Lipinski definition) is 4. The summed E-state index contributed by atoms with van der Waals surface area (Å²) >= 11 is 3.25. The van der Waals surface area contributed by atoms with Crippen LogP contribution in [0, 0.1) is 0 Å². The maximum atomic E-state index is 12.5. The molecule has 1 aromatic rings. The Hall–Kier alpha value is -0.210. The van der Waals surface area contributed by atoms with E-state index in [1.54, 1.807) is 16.6 Å². The Labute approximate surface area is 128 Å². The Morgan fingerprint density at radius 1 is 1.53 bits per heavy atom. The van der Waals surface area contributed by atoms with Crippen molar-refractivity contribution in [1.82, 2.24) is 14.6 Å². The van der Waals surface area contributed by atoms with Gasteiger partial charge in [-0.1, -0.05) is 0 Å². The fourth-order valence-electron chi connectivity index (χ4n) is 2.23. The fourth-order valence-corrected chi connectivity index (χ4v) is 4.43. The molecule has 1 unspecified atom stereocenters. The Balaban J connectivity index is 0.00000180. The van der Waals surface area contributed by atoms with Gasteiger partial charge in [0.25, 0.3) is 0 Å². The van der Waals surface area contributed by atoms with Crippen molar-refractivity contribution >= 4 is 38.4 Å². The van der Waals surface area contributed by atoms with Crippen molar-refractivity contribution in [1.29, 1.82) is 0 Å². The van der Waals surface area contributed by atoms with Crippen LogP contribution >= 0.6 is 28.3 Å². The van der Waals surface area contributed by atoms with E-state index in [0.717, 1.165) is 12.8 Å². The first-order chi connectivity index (χ1) is 8.55. The molecule has 19 heavy (non-hydrogen) atoms. The number of nitrogens with one attached hydrogen (secondary N) is 1. The minimum absolute atomic E-state index is 0. The highest BCUT2D eigenvalue weighted by atomic mass is 79.9. The molecule has 2 heterocycles. The molecule has 0 spiro atoms. The zero-order valence-corrected chi connectivity index (χ0v) is 13.8. The molecule has 0 bridgehead atoms. The zero-order chi connectivity index (χ0) is 13.2. The van der Waals surface area contributed by atoms with Gasteiger partial charge in [-0.3, -0.25) is 4.98 Å². The smallest absolute Gasteiger partial charge is 0.244 e. The Morgan fingerprint density at radius 2 is 2.26 bits per heavy atom. The SMILES string of the molecule is CNCC1CCCN1S(=O)(=O)c1cncc(Br)c1.Cl. The fraction of sp³-hybridized carbons (Fsp3) is 0.545. The standard InChI is InChI=1S/C11H16BrN3O2S.ClH/c1-13-7-10-3-2-4-15(10)18(16,17)11-5-9(12)6-14-8-11;/h5-6,8,10,13H,2-4,7H2,1H3;1H. The lowest BCUT2D eigenvalue weighted by Gasteiger charge is -2.23. The molecule has 1 aliphatic heterocycles. The molecular formula is C11H17BrClN3O2S. The molecule has 0 aliphatic carbocycles. The van der Waals surface area contributed by atoms with Crippen molar-refractivity contribution in [3.8, 4) is 0 Å². The van der Waals surface area contributed by atoms with E-state index in [1.165, 1.54) is 6.20 Å². The third kappa shape index (κ3) is 3.66. The summed E-state index contributed by atoms with van der Waals surface area (Å²) in [6, 6.07) is 1.64. The maximum absolute atomic E-state index is 12.5. The second-order valence-corrected chi connectivity index (χ2v) is 7.11. The molecule has 1 aliphatic rings. The highest BCUT2D eigenvalue weighted by Gasteiger charge is 2.34. The van der Waals surface area contributed by atoms with Gasteiger partial charge < -0.3 is 5.32 Å². The number of hydrogen-bond donors (Lipinski definition) is 1. The third-order valence-corrected chi connectivity index (χ3v) is 5.40. The predicted octanol–water partition coefficient (Wildman–Crippen LogP) is 1.64. The first-order valence-corrected chi connectivity index (χ1v) is 8.06. The van der Waals surface area contributed by atoms with Gasteiger partial charge in [0.05, 0.1) is 0 Å². The van der Waals surface area contributed by atoms with Gasteiger partial charge >= 0.3 is 0 Å². The summed E-state index contributed by atoms with van der Waals surface area (Å²) in [4.78, 5) is 4.17. The predicted molar refractivity (Wildman–Crippen MR) is 80.0 cm³/mol. The molecule has 0 radical (unpaired) electrons. The van der Waals surface area contributed by atoms with Crippen LogP contribution in [0.3, 0.4) is 0 Å². The molecule has 1 N–H and O–H groups in total. The summed E-state index contributed by atoms with van der Waals surface area (Å²) < 4.78 is 27.3. The Morgan fingerprint density at radius 3 is 2.89 bits per heavy atom. The molecule has 1 aromatic heterocycles.